The van der Waals surface area contributed by atoms with E-state index in [1.807, 2.05) is 56.3 Å². The van der Waals surface area contributed by atoms with Crippen LogP contribution in [0.25, 0.3) is 21.7 Å². The molecule has 0 aliphatic rings. The molecule has 0 aliphatic heterocycles. The first-order valence-electron chi connectivity index (χ1n) is 8.55. The van der Waals surface area contributed by atoms with Gasteiger partial charge in [-0.2, -0.15) is 0 Å². The summed E-state index contributed by atoms with van der Waals surface area (Å²) in [6.07, 6.45) is 0. The van der Waals surface area contributed by atoms with Crippen molar-refractivity contribution >= 4 is 46.1 Å². The van der Waals surface area contributed by atoms with Crippen molar-refractivity contribution in [2.45, 2.75) is 13.8 Å². The van der Waals surface area contributed by atoms with Gasteiger partial charge in [0.05, 0.1) is 18.5 Å². The number of aromatic nitrogens is 3. The summed E-state index contributed by atoms with van der Waals surface area (Å²) in [7, 11) is 1.60. The van der Waals surface area contributed by atoms with Crippen molar-refractivity contribution in [3.05, 3.63) is 72.7 Å². The molecule has 5 nitrogen and oxygen atoms in total. The lowest BCUT2D eigenvalue weighted by Crippen LogP contribution is -2.21. The Kier molecular flexibility index (Phi) is 4.78. The van der Waals surface area contributed by atoms with Gasteiger partial charge in [-0.05, 0) is 61.5 Å². The summed E-state index contributed by atoms with van der Waals surface area (Å²) in [5.41, 5.74) is 3.93. The van der Waals surface area contributed by atoms with Crippen molar-refractivity contribution in [2.24, 2.45) is 0 Å². The first-order chi connectivity index (χ1) is 13.4. The minimum atomic E-state index is -0.180. The minimum Gasteiger partial charge on any atom is -0.495 e. The molecule has 0 unspecified atom stereocenters. The molecule has 4 aromatic rings. The summed E-state index contributed by atoms with van der Waals surface area (Å²) in [4.78, 5) is 16.6. The Labute approximate surface area is 175 Å². The fourth-order valence-electron chi connectivity index (χ4n) is 3.38. The molecule has 0 spiro atoms. The molecule has 142 valence electrons. The molecule has 0 saturated carbocycles. The van der Waals surface area contributed by atoms with Gasteiger partial charge in [-0.25, -0.2) is 0 Å². The average Bonchev–Trinajstić information content (AvgIpc) is 3.00. The van der Waals surface area contributed by atoms with Crippen molar-refractivity contribution in [2.75, 3.05) is 7.11 Å². The standard InChI is InChI=1S/C20H17N3O2S3/c1-11-7-6-8-12(2)15(11)23-18(24)16-17(21-19(23)26)22(20(27)28-16)13-9-4-5-10-14(13)25-3/h4-10H,1-3H3,(H,21,26). The van der Waals surface area contributed by atoms with Gasteiger partial charge in [-0.15, -0.1) is 0 Å². The van der Waals surface area contributed by atoms with Gasteiger partial charge >= 0.3 is 0 Å². The number of H-pyrrole nitrogens is 1. The molecular weight excluding hydrogens is 410 g/mol. The number of fused-ring (bicyclic) bond motifs is 1. The van der Waals surface area contributed by atoms with Gasteiger partial charge < -0.3 is 9.72 Å². The van der Waals surface area contributed by atoms with Gasteiger partial charge in [0, 0.05) is 0 Å². The lowest BCUT2D eigenvalue weighted by Gasteiger charge is -2.14. The van der Waals surface area contributed by atoms with E-state index in [0.717, 1.165) is 22.5 Å². The van der Waals surface area contributed by atoms with Crippen molar-refractivity contribution in [3.8, 4) is 17.1 Å². The van der Waals surface area contributed by atoms with Crippen LogP contribution >= 0.6 is 35.8 Å². The molecule has 0 saturated heterocycles. The highest BCUT2D eigenvalue weighted by Crippen LogP contribution is 2.29. The van der Waals surface area contributed by atoms with Crippen LogP contribution in [0.3, 0.4) is 0 Å². The van der Waals surface area contributed by atoms with Crippen molar-refractivity contribution in [1.29, 1.82) is 0 Å². The zero-order chi connectivity index (χ0) is 20.0. The number of nitrogens with zero attached hydrogens (tertiary/aromatic N) is 2. The Morgan fingerprint density at radius 2 is 1.68 bits per heavy atom. The van der Waals surface area contributed by atoms with Crippen LogP contribution in [-0.4, -0.2) is 21.2 Å². The molecule has 2 aromatic heterocycles. The smallest absolute Gasteiger partial charge is 0.278 e. The van der Waals surface area contributed by atoms with Crippen LogP contribution in [0.5, 0.6) is 5.75 Å². The number of hydrogen-bond donors (Lipinski definition) is 1. The highest BCUT2D eigenvalue weighted by Gasteiger charge is 2.18. The van der Waals surface area contributed by atoms with Crippen LogP contribution in [0.15, 0.2) is 47.3 Å². The Bertz CT molecular complexity index is 1370. The number of thiazole rings is 1. The maximum absolute atomic E-state index is 13.4. The summed E-state index contributed by atoms with van der Waals surface area (Å²) in [6, 6.07) is 13.4. The number of methoxy groups -OCH3 is 1. The van der Waals surface area contributed by atoms with Gasteiger partial charge in [-0.1, -0.05) is 41.7 Å². The SMILES string of the molecule is COc1ccccc1-n1c(=S)sc2c(=O)n(-c3c(C)cccc3C)c(=S)[nH]c21. The van der Waals surface area contributed by atoms with E-state index >= 15 is 0 Å². The van der Waals surface area contributed by atoms with E-state index in [0.29, 0.717) is 24.8 Å². The third-order valence-electron chi connectivity index (χ3n) is 4.63. The normalized spacial score (nSPS) is 11.1. The molecule has 1 N–H and O–H groups in total. The minimum absolute atomic E-state index is 0.180. The third-order valence-corrected chi connectivity index (χ3v) is 6.27. The Morgan fingerprint density at radius 3 is 2.36 bits per heavy atom. The molecule has 2 heterocycles. The van der Waals surface area contributed by atoms with Crippen LogP contribution in [0.2, 0.25) is 0 Å². The predicted octanol–water partition coefficient (Wildman–Crippen LogP) is 5.26. The first kappa shape index (κ1) is 18.8. The fourth-order valence-corrected chi connectivity index (χ4v) is 4.96. The number of hydrogen-bond acceptors (Lipinski definition) is 5. The second-order valence-corrected chi connectivity index (χ2v) is 8.39. The lowest BCUT2D eigenvalue weighted by atomic mass is 10.1. The van der Waals surface area contributed by atoms with Crippen LogP contribution in [0.4, 0.5) is 0 Å². The zero-order valence-corrected chi connectivity index (χ0v) is 17.9. The molecule has 0 bridgehead atoms. The van der Waals surface area contributed by atoms with E-state index in [-0.39, 0.29) is 5.56 Å². The highest BCUT2D eigenvalue weighted by molar-refractivity contribution is 7.73. The molecule has 0 atom stereocenters. The van der Waals surface area contributed by atoms with Gasteiger partial charge in [0.1, 0.15) is 16.1 Å². The van der Waals surface area contributed by atoms with E-state index in [2.05, 4.69) is 4.98 Å². The largest absolute Gasteiger partial charge is 0.495 e. The van der Waals surface area contributed by atoms with E-state index in [1.165, 1.54) is 11.3 Å². The van der Waals surface area contributed by atoms with Gasteiger partial charge in [0.2, 0.25) is 0 Å². The predicted molar refractivity (Wildman–Crippen MR) is 119 cm³/mol. The molecule has 0 radical (unpaired) electrons. The number of nitrogens with one attached hydrogen (secondary N) is 1. The number of benzene rings is 2. The number of aryl methyl sites for hydroxylation is 2. The molecule has 4 rings (SSSR count). The van der Waals surface area contributed by atoms with Crippen molar-refractivity contribution in [1.82, 2.24) is 14.1 Å². The summed E-state index contributed by atoms with van der Waals surface area (Å²) in [5.74, 6) is 0.663. The molecule has 8 heteroatoms. The van der Waals surface area contributed by atoms with Gasteiger partial charge in [-0.3, -0.25) is 13.9 Å². The second kappa shape index (κ2) is 7.12. The Morgan fingerprint density at radius 1 is 1.00 bits per heavy atom. The van der Waals surface area contributed by atoms with E-state index in [4.69, 9.17) is 29.2 Å². The topological polar surface area (TPSA) is 51.9 Å². The van der Waals surface area contributed by atoms with Gasteiger partial charge in [0.15, 0.2) is 8.73 Å². The molecule has 28 heavy (non-hydrogen) atoms. The number of rotatable bonds is 3. The highest BCUT2D eigenvalue weighted by atomic mass is 32.1. The second-order valence-electron chi connectivity index (χ2n) is 6.36. The molecular formula is C20H17N3O2S3. The van der Waals surface area contributed by atoms with Crippen molar-refractivity contribution < 1.29 is 4.74 Å². The molecule has 0 amide bonds. The number of ether oxygens (including phenoxy) is 1. The van der Waals surface area contributed by atoms with Crippen LogP contribution in [0, 0.1) is 22.6 Å². The third kappa shape index (κ3) is 2.85. The maximum Gasteiger partial charge on any atom is 0.278 e. The van der Waals surface area contributed by atoms with E-state index in [1.54, 1.807) is 16.2 Å². The lowest BCUT2D eigenvalue weighted by molar-refractivity contribution is 0.413. The van der Waals surface area contributed by atoms with Crippen LogP contribution in [-0.2, 0) is 0 Å². The zero-order valence-electron chi connectivity index (χ0n) is 15.5. The quantitative estimate of drug-likeness (QED) is 0.454. The number of para-hydroxylation sites is 3. The average molecular weight is 428 g/mol. The monoisotopic (exact) mass is 427 g/mol. The van der Waals surface area contributed by atoms with Crippen LogP contribution < -0.4 is 10.3 Å². The first-order valence-corrected chi connectivity index (χ1v) is 10.2. The molecule has 0 fully saturated rings. The summed E-state index contributed by atoms with van der Waals surface area (Å²) >= 11 is 12.4. The Balaban J connectivity index is 2.11. The van der Waals surface area contributed by atoms with Crippen LogP contribution in [0.1, 0.15) is 11.1 Å². The Hall–Kier alpha value is -2.55. The summed E-state index contributed by atoms with van der Waals surface area (Å²) < 4.78 is 10.2. The number of aromatic amines is 1. The fraction of sp³-hybridized carbons (Fsp3) is 0.150. The molecule has 2 aromatic carbocycles. The van der Waals surface area contributed by atoms with E-state index in [9.17, 15) is 4.79 Å². The van der Waals surface area contributed by atoms with E-state index < -0.39 is 0 Å². The summed E-state index contributed by atoms with van der Waals surface area (Å²) in [5, 5.41) is 0. The van der Waals surface area contributed by atoms with Gasteiger partial charge in [0.25, 0.3) is 5.56 Å². The molecule has 0 aliphatic carbocycles. The maximum atomic E-state index is 13.4. The summed E-state index contributed by atoms with van der Waals surface area (Å²) in [6.45, 7) is 3.94. The van der Waals surface area contributed by atoms with Crippen molar-refractivity contribution in [3.63, 3.8) is 0 Å².